The van der Waals surface area contributed by atoms with E-state index in [9.17, 15) is 0 Å². The molecule has 3 aromatic rings. The van der Waals surface area contributed by atoms with Crippen LogP contribution in [0.5, 0.6) is 34.5 Å². The normalized spacial score (nSPS) is 17.6. The van der Waals surface area contributed by atoms with Crippen LogP contribution in [0.2, 0.25) is 0 Å². The lowest BCUT2D eigenvalue weighted by molar-refractivity contribution is 0.00708. The molecular weight excluding hydrogens is 784 g/mol. The zero-order valence-corrected chi connectivity index (χ0v) is 31.2. The maximum Gasteiger partial charge on any atom is 0.164 e. The minimum Gasteiger partial charge on any atom is -0.489 e. The average molecular weight is 829 g/mol. The Morgan fingerprint density at radius 2 is 0.680 bits per heavy atom. The Labute approximate surface area is 309 Å². The maximum atomic E-state index is 6.27. The molecule has 0 aromatic heterocycles. The van der Waals surface area contributed by atoms with Crippen LogP contribution in [0.4, 0.5) is 0 Å². The van der Waals surface area contributed by atoms with Crippen LogP contribution in [0, 0.1) is 0 Å². The molecule has 0 saturated heterocycles. The van der Waals surface area contributed by atoms with Gasteiger partial charge in [0, 0.05) is 21.1 Å². The molecule has 0 spiro atoms. The van der Waals surface area contributed by atoms with Gasteiger partial charge in [-0.25, -0.2) is 0 Å². The second kappa shape index (κ2) is 22.2. The molecule has 0 radical (unpaired) electrons. The minimum atomic E-state index is 0.287. The van der Waals surface area contributed by atoms with E-state index in [4.69, 9.17) is 56.8 Å². The van der Waals surface area contributed by atoms with Gasteiger partial charge >= 0.3 is 0 Å². The summed E-state index contributed by atoms with van der Waals surface area (Å²) in [5.74, 6) is 3.59. The molecule has 0 fully saturated rings. The van der Waals surface area contributed by atoms with Gasteiger partial charge < -0.3 is 56.8 Å². The number of hydrogen-bond acceptors (Lipinski definition) is 12. The third kappa shape index (κ3) is 13.4. The van der Waals surface area contributed by atoms with E-state index in [1.54, 1.807) is 0 Å². The molecule has 3 aromatic carbocycles. The molecule has 0 saturated carbocycles. The summed E-state index contributed by atoms with van der Waals surface area (Å²) in [6.07, 6.45) is 0. The van der Waals surface area contributed by atoms with Crippen molar-refractivity contribution in [2.75, 3.05) is 106 Å². The second-order valence-electron chi connectivity index (χ2n) is 10.9. The number of halogens is 2. The van der Waals surface area contributed by atoms with Gasteiger partial charge in [-0.15, -0.1) is 0 Å². The first-order valence-electron chi connectivity index (χ1n) is 16.6. The summed E-state index contributed by atoms with van der Waals surface area (Å²) >= 11 is 7.27. The van der Waals surface area contributed by atoms with E-state index in [1.165, 1.54) is 0 Å². The van der Waals surface area contributed by atoms with E-state index >= 15 is 0 Å². The van der Waals surface area contributed by atoms with Gasteiger partial charge in [-0.2, -0.15) is 0 Å². The molecule has 50 heavy (non-hydrogen) atoms. The van der Waals surface area contributed by atoms with Gasteiger partial charge in [0.15, 0.2) is 23.0 Å². The van der Waals surface area contributed by atoms with E-state index in [2.05, 4.69) is 31.9 Å². The molecule has 0 bridgehead atoms. The van der Waals surface area contributed by atoms with Crippen molar-refractivity contribution in [2.45, 2.75) is 13.2 Å². The van der Waals surface area contributed by atoms with E-state index < -0.39 is 0 Å². The summed E-state index contributed by atoms with van der Waals surface area (Å²) in [4.78, 5) is 0. The zero-order valence-electron chi connectivity index (χ0n) is 28.0. The topological polar surface area (TPSA) is 111 Å². The lowest BCUT2D eigenvalue weighted by Gasteiger charge is -2.17. The highest BCUT2D eigenvalue weighted by Gasteiger charge is 2.14. The summed E-state index contributed by atoms with van der Waals surface area (Å²) in [7, 11) is 0. The van der Waals surface area contributed by atoms with Crippen molar-refractivity contribution in [2.24, 2.45) is 0 Å². The van der Waals surface area contributed by atoms with E-state index in [1.807, 2.05) is 48.5 Å². The van der Waals surface area contributed by atoms with Crippen LogP contribution in [-0.2, 0) is 41.6 Å². The molecule has 0 atom stereocenters. The summed E-state index contributed by atoms with van der Waals surface area (Å²) in [5.41, 5.74) is 1.88. The van der Waals surface area contributed by atoms with E-state index in [0.29, 0.717) is 140 Å². The lowest BCUT2D eigenvalue weighted by atomic mass is 10.1. The highest BCUT2D eigenvalue weighted by Crippen LogP contribution is 2.35. The Morgan fingerprint density at radius 1 is 0.380 bits per heavy atom. The fourth-order valence-corrected chi connectivity index (χ4v) is 5.55. The first-order valence-corrected chi connectivity index (χ1v) is 18.2. The first kappa shape index (κ1) is 38.4. The third-order valence-corrected chi connectivity index (χ3v) is 9.13. The quantitative estimate of drug-likeness (QED) is 0.290. The Hall–Kier alpha value is -2.82. The van der Waals surface area contributed by atoms with Crippen LogP contribution in [0.25, 0.3) is 0 Å². The van der Waals surface area contributed by atoms with Gasteiger partial charge in [-0.05, 0) is 79.4 Å². The van der Waals surface area contributed by atoms with Crippen LogP contribution >= 0.6 is 31.9 Å². The van der Waals surface area contributed by atoms with Crippen molar-refractivity contribution < 1.29 is 56.8 Å². The molecule has 2 heterocycles. The highest BCUT2D eigenvalue weighted by molar-refractivity contribution is 9.13. The Balaban J connectivity index is 1.23. The molecule has 14 heteroatoms. The Morgan fingerprint density at radius 3 is 1.02 bits per heavy atom. The van der Waals surface area contributed by atoms with Crippen LogP contribution in [0.3, 0.4) is 0 Å². The summed E-state index contributed by atoms with van der Waals surface area (Å²) in [5, 5.41) is 0. The first-order chi connectivity index (χ1) is 24.7. The van der Waals surface area contributed by atoms with Crippen molar-refractivity contribution in [1.29, 1.82) is 0 Å². The highest BCUT2D eigenvalue weighted by atomic mass is 79.9. The molecule has 274 valence electrons. The van der Waals surface area contributed by atoms with Gasteiger partial charge in [0.1, 0.15) is 51.1 Å². The Kier molecular flexibility index (Phi) is 17.0. The molecule has 2 aliphatic rings. The van der Waals surface area contributed by atoms with Gasteiger partial charge in [0.25, 0.3) is 0 Å². The fraction of sp³-hybridized carbons (Fsp3) is 0.500. The summed E-state index contributed by atoms with van der Waals surface area (Å²) < 4.78 is 71.6. The summed E-state index contributed by atoms with van der Waals surface area (Å²) in [6, 6.07) is 15.1. The van der Waals surface area contributed by atoms with Gasteiger partial charge in [0.2, 0.25) is 0 Å². The minimum absolute atomic E-state index is 0.287. The van der Waals surface area contributed by atoms with Gasteiger partial charge in [-0.1, -0.05) is 0 Å². The van der Waals surface area contributed by atoms with Crippen molar-refractivity contribution in [3.05, 3.63) is 68.6 Å². The van der Waals surface area contributed by atoms with Crippen molar-refractivity contribution in [1.82, 2.24) is 0 Å². The SMILES string of the molecule is Brc1cc(COc2ccc3c(c2)OCCOCCOCCOCCO3)c(COc2ccc3c(c2)OCCOCCOCCOCCO3)cc1Br. The Bertz CT molecular complexity index is 1340. The average Bonchev–Trinajstić information content (AvgIpc) is 3.14. The van der Waals surface area contributed by atoms with Gasteiger partial charge in [0.05, 0.1) is 79.3 Å². The van der Waals surface area contributed by atoms with Crippen molar-refractivity contribution >= 4 is 31.9 Å². The van der Waals surface area contributed by atoms with Crippen molar-refractivity contribution in [3.63, 3.8) is 0 Å². The van der Waals surface area contributed by atoms with Gasteiger partial charge in [-0.3, -0.25) is 0 Å². The number of hydrogen-bond donors (Lipinski definition) is 0. The molecule has 5 rings (SSSR count). The van der Waals surface area contributed by atoms with Crippen LogP contribution in [0.15, 0.2) is 57.5 Å². The van der Waals surface area contributed by atoms with Crippen LogP contribution in [0.1, 0.15) is 11.1 Å². The van der Waals surface area contributed by atoms with E-state index in [-0.39, 0.29) is 13.2 Å². The molecule has 2 aliphatic heterocycles. The third-order valence-electron chi connectivity index (χ3n) is 7.29. The number of ether oxygens (including phenoxy) is 12. The molecule has 12 nitrogen and oxygen atoms in total. The summed E-state index contributed by atoms with van der Waals surface area (Å²) in [6.45, 7) is 7.78. The molecule has 0 unspecified atom stereocenters. The molecule has 0 N–H and O–H groups in total. The van der Waals surface area contributed by atoms with E-state index in [0.717, 1.165) is 20.1 Å². The van der Waals surface area contributed by atoms with Crippen LogP contribution < -0.4 is 28.4 Å². The molecule has 0 amide bonds. The lowest BCUT2D eigenvalue weighted by Crippen LogP contribution is -2.13. The molecular formula is C36H44Br2O12. The number of fused-ring (bicyclic) bond motifs is 2. The number of benzene rings is 3. The smallest absolute Gasteiger partial charge is 0.164 e. The standard InChI is InChI=1S/C36H44Br2O12/c37-31-21-27(25-49-29-1-3-33-35(23-29)47-19-15-43-11-7-39-5-9-41-13-17-45-33)28(22-32(31)38)26-50-30-2-4-34-36(24-30)48-20-16-44-12-8-40-6-10-42-14-18-46-34/h1-4,21-24H,5-20,25-26H2. The number of rotatable bonds is 6. The zero-order chi connectivity index (χ0) is 34.6. The van der Waals surface area contributed by atoms with Crippen molar-refractivity contribution in [3.8, 4) is 34.5 Å². The molecule has 0 aliphatic carbocycles. The largest absolute Gasteiger partial charge is 0.489 e. The predicted octanol–water partition coefficient (Wildman–Crippen LogP) is 6.01. The monoisotopic (exact) mass is 826 g/mol. The van der Waals surface area contributed by atoms with Crippen LogP contribution in [-0.4, -0.2) is 106 Å². The fourth-order valence-electron chi connectivity index (χ4n) is 4.77. The maximum absolute atomic E-state index is 6.27. The predicted molar refractivity (Wildman–Crippen MR) is 190 cm³/mol. The second-order valence-corrected chi connectivity index (χ2v) is 12.6.